The summed E-state index contributed by atoms with van der Waals surface area (Å²) in [6.07, 6.45) is 2.55. The summed E-state index contributed by atoms with van der Waals surface area (Å²) >= 11 is 0. The van der Waals surface area contributed by atoms with Crippen molar-refractivity contribution in [1.82, 2.24) is 10.2 Å². The van der Waals surface area contributed by atoms with E-state index in [-0.39, 0.29) is 11.4 Å². The number of piperazine rings is 1. The Kier molecular flexibility index (Phi) is 3.29. The van der Waals surface area contributed by atoms with Crippen molar-refractivity contribution in [3.63, 3.8) is 0 Å². The molecule has 1 aromatic rings. The molecule has 2 fully saturated rings. The first-order chi connectivity index (χ1) is 9.19. The van der Waals surface area contributed by atoms with Crippen LogP contribution in [0.25, 0.3) is 0 Å². The van der Waals surface area contributed by atoms with E-state index in [0.717, 1.165) is 44.6 Å². The molecule has 19 heavy (non-hydrogen) atoms. The number of hydrogen-bond acceptors (Lipinski definition) is 3. The summed E-state index contributed by atoms with van der Waals surface area (Å²) < 4.78 is 0. The highest BCUT2D eigenvalue weighted by Gasteiger charge is 2.41. The molecule has 1 saturated carbocycles. The molecule has 0 spiro atoms. The second kappa shape index (κ2) is 4.94. The molecule has 1 heterocycles. The summed E-state index contributed by atoms with van der Waals surface area (Å²) in [5.74, 6) is 0.221. The first kappa shape index (κ1) is 12.6. The summed E-state index contributed by atoms with van der Waals surface area (Å²) in [4.78, 5) is 14.3. The van der Waals surface area contributed by atoms with Crippen molar-refractivity contribution in [1.29, 1.82) is 0 Å². The predicted molar refractivity (Wildman–Crippen MR) is 74.7 cm³/mol. The molecule has 3 N–H and O–H groups in total. The van der Waals surface area contributed by atoms with Crippen LogP contribution in [0.5, 0.6) is 0 Å². The van der Waals surface area contributed by atoms with Gasteiger partial charge in [-0.25, -0.2) is 0 Å². The summed E-state index contributed by atoms with van der Waals surface area (Å²) in [6.45, 7) is 3.42. The molecule has 1 aliphatic carbocycles. The van der Waals surface area contributed by atoms with Gasteiger partial charge in [-0.15, -0.1) is 0 Å². The molecule has 1 aromatic carbocycles. The van der Waals surface area contributed by atoms with Gasteiger partial charge in [0, 0.05) is 31.7 Å². The zero-order chi connectivity index (χ0) is 13.3. The van der Waals surface area contributed by atoms with Crippen LogP contribution in [0.2, 0.25) is 0 Å². The number of nitrogens with one attached hydrogen (secondary N) is 1. The number of rotatable bonds is 3. The second-order valence-corrected chi connectivity index (χ2v) is 5.62. The molecule has 3 rings (SSSR count). The molecule has 1 amide bonds. The highest BCUT2D eigenvalue weighted by Crippen LogP contribution is 2.44. The maximum atomic E-state index is 12.3. The standard InChI is InChI=1S/C15H21N3O/c16-15(5-6-15)13-4-2-1-3-12(13)11-14(19)18-9-7-17-8-10-18/h1-4,17H,5-11,16H2. The van der Waals surface area contributed by atoms with E-state index < -0.39 is 0 Å². The van der Waals surface area contributed by atoms with Crippen molar-refractivity contribution in [2.24, 2.45) is 5.73 Å². The van der Waals surface area contributed by atoms with Gasteiger partial charge in [-0.3, -0.25) is 4.79 Å². The van der Waals surface area contributed by atoms with Crippen molar-refractivity contribution in [3.8, 4) is 0 Å². The highest BCUT2D eigenvalue weighted by atomic mass is 16.2. The van der Waals surface area contributed by atoms with E-state index >= 15 is 0 Å². The lowest BCUT2D eigenvalue weighted by molar-refractivity contribution is -0.131. The third-order valence-corrected chi connectivity index (χ3v) is 4.15. The zero-order valence-corrected chi connectivity index (χ0v) is 11.2. The van der Waals surface area contributed by atoms with Gasteiger partial charge in [0.15, 0.2) is 0 Å². The average molecular weight is 259 g/mol. The number of nitrogens with two attached hydrogens (primary N) is 1. The highest BCUT2D eigenvalue weighted by molar-refractivity contribution is 5.79. The molecular formula is C15H21N3O. The van der Waals surface area contributed by atoms with Crippen LogP contribution >= 0.6 is 0 Å². The van der Waals surface area contributed by atoms with Crippen molar-refractivity contribution in [3.05, 3.63) is 35.4 Å². The fourth-order valence-corrected chi connectivity index (χ4v) is 2.75. The van der Waals surface area contributed by atoms with Crippen molar-refractivity contribution in [2.75, 3.05) is 26.2 Å². The molecule has 2 aliphatic rings. The van der Waals surface area contributed by atoms with Gasteiger partial charge in [0.25, 0.3) is 0 Å². The molecule has 1 aliphatic heterocycles. The average Bonchev–Trinajstić information content (AvgIpc) is 3.19. The Labute approximate surface area is 114 Å². The number of hydrogen-bond donors (Lipinski definition) is 2. The molecule has 0 aromatic heterocycles. The van der Waals surface area contributed by atoms with Crippen LogP contribution in [-0.4, -0.2) is 37.0 Å². The zero-order valence-electron chi connectivity index (χ0n) is 11.2. The summed E-state index contributed by atoms with van der Waals surface area (Å²) in [6, 6.07) is 8.13. The lowest BCUT2D eigenvalue weighted by atomic mass is 9.96. The molecule has 0 radical (unpaired) electrons. The SMILES string of the molecule is NC1(c2ccccc2CC(=O)N2CCNCC2)CC1. The van der Waals surface area contributed by atoms with Gasteiger partial charge in [0.2, 0.25) is 5.91 Å². The lowest BCUT2D eigenvalue weighted by Gasteiger charge is -2.28. The van der Waals surface area contributed by atoms with E-state index in [4.69, 9.17) is 5.73 Å². The van der Waals surface area contributed by atoms with Crippen LogP contribution < -0.4 is 11.1 Å². The van der Waals surface area contributed by atoms with Gasteiger partial charge >= 0.3 is 0 Å². The third-order valence-electron chi connectivity index (χ3n) is 4.15. The van der Waals surface area contributed by atoms with Crippen molar-refractivity contribution in [2.45, 2.75) is 24.8 Å². The minimum atomic E-state index is -0.166. The number of benzene rings is 1. The summed E-state index contributed by atoms with van der Waals surface area (Å²) in [7, 11) is 0. The minimum Gasteiger partial charge on any atom is -0.340 e. The first-order valence-electron chi connectivity index (χ1n) is 7.05. The summed E-state index contributed by atoms with van der Waals surface area (Å²) in [5, 5.41) is 3.27. The van der Waals surface area contributed by atoms with E-state index in [0.29, 0.717) is 6.42 Å². The van der Waals surface area contributed by atoms with Gasteiger partial charge in [-0.05, 0) is 24.0 Å². The molecule has 102 valence electrons. The smallest absolute Gasteiger partial charge is 0.227 e. The monoisotopic (exact) mass is 259 g/mol. The Balaban J connectivity index is 1.74. The Hall–Kier alpha value is -1.39. The molecule has 0 unspecified atom stereocenters. The Morgan fingerprint density at radius 1 is 1.26 bits per heavy atom. The van der Waals surface area contributed by atoms with Crippen LogP contribution in [0.1, 0.15) is 24.0 Å². The third kappa shape index (κ3) is 2.65. The largest absolute Gasteiger partial charge is 0.340 e. The number of amides is 1. The van der Waals surface area contributed by atoms with Crippen molar-refractivity contribution < 1.29 is 4.79 Å². The molecular weight excluding hydrogens is 238 g/mol. The topological polar surface area (TPSA) is 58.4 Å². The quantitative estimate of drug-likeness (QED) is 0.836. The van der Waals surface area contributed by atoms with Crippen LogP contribution in [0.15, 0.2) is 24.3 Å². The molecule has 4 heteroatoms. The number of nitrogens with zero attached hydrogens (tertiary/aromatic N) is 1. The normalized spacial score (nSPS) is 21.2. The Morgan fingerprint density at radius 2 is 1.95 bits per heavy atom. The lowest BCUT2D eigenvalue weighted by Crippen LogP contribution is -2.47. The summed E-state index contributed by atoms with van der Waals surface area (Å²) in [5.41, 5.74) is 8.39. The fraction of sp³-hybridized carbons (Fsp3) is 0.533. The maximum Gasteiger partial charge on any atom is 0.227 e. The van der Waals surface area contributed by atoms with E-state index in [2.05, 4.69) is 11.4 Å². The van der Waals surface area contributed by atoms with Gasteiger partial charge in [0.1, 0.15) is 0 Å². The number of carbonyl (C=O) groups is 1. The van der Waals surface area contributed by atoms with Crippen molar-refractivity contribution >= 4 is 5.91 Å². The van der Waals surface area contributed by atoms with Crippen LogP contribution in [-0.2, 0) is 16.8 Å². The van der Waals surface area contributed by atoms with E-state index in [1.165, 1.54) is 5.56 Å². The van der Waals surface area contributed by atoms with Gasteiger partial charge in [-0.1, -0.05) is 24.3 Å². The van der Waals surface area contributed by atoms with E-state index in [9.17, 15) is 4.79 Å². The Morgan fingerprint density at radius 3 is 2.63 bits per heavy atom. The van der Waals surface area contributed by atoms with Gasteiger partial charge in [-0.2, -0.15) is 0 Å². The Bertz CT molecular complexity index is 476. The fourth-order valence-electron chi connectivity index (χ4n) is 2.75. The maximum absolute atomic E-state index is 12.3. The van der Waals surface area contributed by atoms with Crippen LogP contribution in [0.4, 0.5) is 0 Å². The van der Waals surface area contributed by atoms with Gasteiger partial charge < -0.3 is 16.0 Å². The van der Waals surface area contributed by atoms with Crippen LogP contribution in [0.3, 0.4) is 0 Å². The molecule has 4 nitrogen and oxygen atoms in total. The minimum absolute atomic E-state index is 0.166. The number of carbonyl (C=O) groups excluding carboxylic acids is 1. The molecule has 1 saturated heterocycles. The van der Waals surface area contributed by atoms with Gasteiger partial charge in [0.05, 0.1) is 6.42 Å². The van der Waals surface area contributed by atoms with E-state index in [1.807, 2.05) is 23.1 Å². The first-order valence-corrected chi connectivity index (χ1v) is 7.05. The predicted octanol–water partition coefficient (Wildman–Crippen LogP) is 0.609. The van der Waals surface area contributed by atoms with Crippen LogP contribution in [0, 0.1) is 0 Å². The molecule has 0 atom stereocenters. The second-order valence-electron chi connectivity index (χ2n) is 5.62. The molecule has 0 bridgehead atoms. The van der Waals surface area contributed by atoms with E-state index in [1.54, 1.807) is 0 Å².